The highest BCUT2D eigenvalue weighted by molar-refractivity contribution is 7.89. The van der Waals surface area contributed by atoms with Crippen molar-refractivity contribution in [3.63, 3.8) is 0 Å². The van der Waals surface area contributed by atoms with E-state index in [2.05, 4.69) is 4.72 Å². The van der Waals surface area contributed by atoms with E-state index in [1.807, 2.05) is 0 Å². The molecule has 7 atom stereocenters. The zero-order valence-electron chi connectivity index (χ0n) is 23.7. The number of aliphatic hydroxyl groups excluding tert-OH is 1. The summed E-state index contributed by atoms with van der Waals surface area (Å²) in [7, 11) is -2.83. The Morgan fingerprint density at radius 1 is 1.10 bits per heavy atom. The highest BCUT2D eigenvalue weighted by atomic mass is 32.2. The maximum atomic E-state index is 13.1. The smallest absolute Gasteiger partial charge is 0.324 e. The number of benzene rings is 2. The van der Waals surface area contributed by atoms with Crippen LogP contribution in [0.3, 0.4) is 0 Å². The number of carbonyl (C=O) groups is 1. The van der Waals surface area contributed by atoms with Crippen LogP contribution in [-0.2, 0) is 45.1 Å². The summed E-state index contributed by atoms with van der Waals surface area (Å²) < 4.78 is 56.7. The summed E-state index contributed by atoms with van der Waals surface area (Å²) in [6.45, 7) is 5.00. The number of aryl methyl sites for hydroxylation is 1. The first kappa shape index (κ1) is 31.9. The first-order valence-electron chi connectivity index (χ1n) is 13.5. The minimum Gasteiger partial charge on any atom is -0.460 e. The second kappa shape index (κ2) is 13.1. The number of fused-ring (bicyclic) bond motifs is 1. The molecule has 0 saturated carbocycles. The molecule has 2 aromatic rings. The monoisotopic (exact) mass is 608 g/mol. The number of sulfonamides is 1. The van der Waals surface area contributed by atoms with Crippen molar-refractivity contribution in [1.82, 2.24) is 4.72 Å². The Balaban J connectivity index is 1.52. The lowest BCUT2D eigenvalue weighted by Gasteiger charge is -2.27. The van der Waals surface area contributed by atoms with Gasteiger partial charge < -0.3 is 28.8 Å². The van der Waals surface area contributed by atoms with Crippen LogP contribution >= 0.6 is 0 Å². The van der Waals surface area contributed by atoms with Crippen molar-refractivity contribution >= 4 is 16.0 Å². The predicted molar refractivity (Wildman–Crippen MR) is 147 cm³/mol. The first-order chi connectivity index (χ1) is 19.8. The number of aliphatic hydroxyl groups is 1. The van der Waals surface area contributed by atoms with E-state index in [-0.39, 0.29) is 17.9 Å². The molecular formula is C28H36N2O11S. The molecule has 2 aromatic carbocycles. The fourth-order valence-corrected chi connectivity index (χ4v) is 6.26. The molecule has 2 aliphatic rings. The molecule has 2 aliphatic heterocycles. The highest BCUT2D eigenvalue weighted by Crippen LogP contribution is 2.40. The van der Waals surface area contributed by atoms with E-state index < -0.39 is 75.9 Å². The number of hydrogen-bond donors (Lipinski definition) is 2. The van der Waals surface area contributed by atoms with E-state index in [1.165, 1.54) is 19.2 Å². The molecule has 2 fully saturated rings. The Kier molecular flexibility index (Phi) is 9.98. The quantitative estimate of drug-likeness (QED) is 0.194. The largest absolute Gasteiger partial charge is 0.460 e. The second-order valence-corrected chi connectivity index (χ2v) is 12.5. The Morgan fingerprint density at radius 3 is 2.36 bits per heavy atom. The van der Waals surface area contributed by atoms with Crippen LogP contribution in [0.4, 0.5) is 0 Å². The molecule has 0 aliphatic carbocycles. The molecule has 2 unspecified atom stereocenters. The lowest BCUT2D eigenvalue weighted by molar-refractivity contribution is -0.539. The number of rotatable bonds is 13. The van der Waals surface area contributed by atoms with E-state index in [4.69, 9.17) is 23.7 Å². The lowest BCUT2D eigenvalue weighted by Crippen LogP contribution is -2.49. The lowest BCUT2D eigenvalue weighted by atomic mass is 9.95. The first-order valence-corrected chi connectivity index (χ1v) is 14.9. The van der Waals surface area contributed by atoms with Crippen molar-refractivity contribution in [3.8, 4) is 0 Å². The number of carbonyl (C=O) groups excluding carboxylic acids is 1. The third-order valence-corrected chi connectivity index (χ3v) is 8.66. The summed E-state index contributed by atoms with van der Waals surface area (Å²) in [4.78, 5) is 24.5. The standard InChI is InChI=1S/C28H36N2O11S/c1-17-10-12-19(13-11-17)42(35,36)29-20(26(32)38-16-18-8-6-5-7-9-18)14-15-21(30(33)34)22(31)23-24-25(27(37-4)39-23)41-28(2,3)40-24/h5-13,20-25,27,29,31H,14-16H2,1-4H3/t20-,21?,22?,23+,24+,25+,27+/m0/s1. The fourth-order valence-electron chi connectivity index (χ4n) is 5.04. The number of esters is 1. The Bertz CT molecular complexity index is 1340. The van der Waals surface area contributed by atoms with Crippen LogP contribution in [0.2, 0.25) is 0 Å². The van der Waals surface area contributed by atoms with Crippen LogP contribution < -0.4 is 4.72 Å². The van der Waals surface area contributed by atoms with Crippen molar-refractivity contribution < 1.29 is 46.9 Å². The Hall–Kier alpha value is -2.98. The van der Waals surface area contributed by atoms with Gasteiger partial charge in [0.2, 0.25) is 16.1 Å². The molecule has 0 radical (unpaired) electrons. The van der Waals surface area contributed by atoms with Crippen LogP contribution in [0.1, 0.15) is 37.8 Å². The maximum Gasteiger partial charge on any atom is 0.324 e. The van der Waals surface area contributed by atoms with Crippen LogP contribution in [0.25, 0.3) is 0 Å². The van der Waals surface area contributed by atoms with Gasteiger partial charge in [0.05, 0.1) is 4.90 Å². The van der Waals surface area contributed by atoms with Gasteiger partial charge in [0.25, 0.3) is 0 Å². The van der Waals surface area contributed by atoms with Crippen molar-refractivity contribution in [1.29, 1.82) is 0 Å². The van der Waals surface area contributed by atoms with Crippen molar-refractivity contribution in [2.75, 3.05) is 7.11 Å². The van der Waals surface area contributed by atoms with Gasteiger partial charge in [0.15, 0.2) is 12.1 Å². The summed E-state index contributed by atoms with van der Waals surface area (Å²) in [5, 5.41) is 23.3. The summed E-state index contributed by atoms with van der Waals surface area (Å²) in [5.41, 5.74) is 1.51. The molecule has 13 nitrogen and oxygen atoms in total. The normalized spacial score (nSPS) is 25.4. The summed E-state index contributed by atoms with van der Waals surface area (Å²) in [6.07, 6.45) is -6.11. The third kappa shape index (κ3) is 7.50. The number of nitrogens with zero attached hydrogens (tertiary/aromatic N) is 1. The summed E-state index contributed by atoms with van der Waals surface area (Å²) in [6, 6.07) is 11.6. The predicted octanol–water partition coefficient (Wildman–Crippen LogP) is 2.06. The number of ether oxygens (including phenoxy) is 5. The summed E-state index contributed by atoms with van der Waals surface area (Å²) >= 11 is 0. The van der Waals surface area contributed by atoms with Gasteiger partial charge in [-0.25, -0.2) is 8.42 Å². The Labute approximate surface area is 244 Å². The maximum absolute atomic E-state index is 13.1. The third-order valence-electron chi connectivity index (χ3n) is 7.17. The molecule has 0 aromatic heterocycles. The molecule has 4 rings (SSSR count). The molecule has 0 amide bonds. The zero-order valence-corrected chi connectivity index (χ0v) is 24.6. The zero-order chi connectivity index (χ0) is 30.7. The van der Waals surface area contributed by atoms with Crippen LogP contribution in [0.15, 0.2) is 59.5 Å². The topological polar surface area (TPSA) is 173 Å². The van der Waals surface area contributed by atoms with Gasteiger partial charge in [-0.2, -0.15) is 4.72 Å². The molecule has 0 spiro atoms. The van der Waals surface area contributed by atoms with E-state index >= 15 is 0 Å². The SMILES string of the molecule is CO[C@@H]1O[C@H](C(O)C(CC[C@H](NS(=O)(=O)c2ccc(C)cc2)C(=O)OCc2ccccc2)[N+](=O)[O-])[C@H]2OC(C)(C)O[C@@H]12. The van der Waals surface area contributed by atoms with Crippen LogP contribution in [-0.4, -0.2) is 80.1 Å². The minimum atomic E-state index is -4.20. The van der Waals surface area contributed by atoms with Gasteiger partial charge in [-0.15, -0.1) is 0 Å². The molecule has 0 bridgehead atoms. The van der Waals surface area contributed by atoms with Gasteiger partial charge in [-0.3, -0.25) is 14.9 Å². The number of methoxy groups -OCH3 is 1. The van der Waals surface area contributed by atoms with Gasteiger partial charge in [-0.05, 0) is 44.9 Å². The van der Waals surface area contributed by atoms with Gasteiger partial charge in [0.1, 0.15) is 37.1 Å². The molecule has 230 valence electrons. The number of nitro groups is 1. The van der Waals surface area contributed by atoms with Gasteiger partial charge in [0, 0.05) is 18.5 Å². The van der Waals surface area contributed by atoms with Crippen molar-refractivity contribution in [2.45, 2.75) is 93.7 Å². The van der Waals surface area contributed by atoms with Gasteiger partial charge >= 0.3 is 5.97 Å². The molecule has 2 saturated heterocycles. The molecule has 2 N–H and O–H groups in total. The number of hydrogen-bond acceptors (Lipinski definition) is 11. The highest BCUT2D eigenvalue weighted by Gasteiger charge is 2.59. The van der Waals surface area contributed by atoms with E-state index in [0.29, 0.717) is 5.56 Å². The fraction of sp³-hybridized carbons (Fsp3) is 0.536. The van der Waals surface area contributed by atoms with Crippen molar-refractivity contribution in [3.05, 3.63) is 75.8 Å². The molecule has 2 heterocycles. The van der Waals surface area contributed by atoms with E-state index in [0.717, 1.165) is 5.56 Å². The van der Waals surface area contributed by atoms with E-state index in [1.54, 1.807) is 63.2 Å². The van der Waals surface area contributed by atoms with Crippen LogP contribution in [0, 0.1) is 17.0 Å². The Morgan fingerprint density at radius 2 is 1.74 bits per heavy atom. The average molecular weight is 609 g/mol. The average Bonchev–Trinajstić information content (AvgIpc) is 3.44. The molecular weight excluding hydrogens is 572 g/mol. The minimum absolute atomic E-state index is 0.0863. The van der Waals surface area contributed by atoms with Crippen molar-refractivity contribution in [2.24, 2.45) is 0 Å². The van der Waals surface area contributed by atoms with Gasteiger partial charge in [-0.1, -0.05) is 48.0 Å². The van der Waals surface area contributed by atoms with Crippen LogP contribution in [0.5, 0.6) is 0 Å². The summed E-state index contributed by atoms with van der Waals surface area (Å²) in [5.74, 6) is -1.95. The molecule has 14 heteroatoms. The second-order valence-electron chi connectivity index (χ2n) is 10.8. The number of nitrogens with one attached hydrogen (secondary N) is 1. The van der Waals surface area contributed by atoms with E-state index in [9.17, 15) is 28.4 Å². The molecule has 42 heavy (non-hydrogen) atoms.